The van der Waals surface area contributed by atoms with E-state index in [9.17, 15) is 13.2 Å². The summed E-state index contributed by atoms with van der Waals surface area (Å²) in [6.07, 6.45) is 7.12. The lowest BCUT2D eigenvalue weighted by Crippen LogP contribution is -2.34. The van der Waals surface area contributed by atoms with E-state index in [1.165, 1.54) is 5.56 Å². The number of aryl methyl sites for hydroxylation is 2. The molecule has 2 N–H and O–H groups in total. The van der Waals surface area contributed by atoms with Gasteiger partial charge in [0.15, 0.2) is 0 Å². The molecule has 1 aliphatic heterocycles. The average molecular weight is 446 g/mol. The van der Waals surface area contributed by atoms with Gasteiger partial charge >= 0.3 is 6.03 Å². The van der Waals surface area contributed by atoms with Gasteiger partial charge in [0.05, 0.1) is 25.2 Å². The Morgan fingerprint density at radius 3 is 2.74 bits per heavy atom. The zero-order valence-electron chi connectivity index (χ0n) is 17.7. The highest BCUT2D eigenvalue weighted by atomic mass is 32.2. The summed E-state index contributed by atoms with van der Waals surface area (Å²) in [4.78, 5) is 16.8. The number of rotatable bonds is 5. The smallest absolute Gasteiger partial charge is 0.332 e. The number of aromatic nitrogens is 1. The number of nitrogens with one attached hydrogen (secondary N) is 2. The lowest BCUT2D eigenvalue weighted by Gasteiger charge is -2.23. The van der Waals surface area contributed by atoms with Gasteiger partial charge in [0.1, 0.15) is 6.10 Å². The summed E-state index contributed by atoms with van der Waals surface area (Å²) in [5.74, 6) is 0.524. The van der Waals surface area contributed by atoms with Gasteiger partial charge in [-0.15, -0.1) is 0 Å². The van der Waals surface area contributed by atoms with E-state index in [4.69, 9.17) is 9.47 Å². The predicted molar refractivity (Wildman–Crippen MR) is 118 cm³/mol. The van der Waals surface area contributed by atoms with Crippen molar-refractivity contribution in [2.24, 2.45) is 0 Å². The number of amides is 2. The summed E-state index contributed by atoms with van der Waals surface area (Å²) in [6.45, 7) is 3.35. The Morgan fingerprint density at radius 1 is 1.23 bits per heavy atom. The molecular formula is C22H27N3O5S. The van der Waals surface area contributed by atoms with Crippen molar-refractivity contribution in [3.05, 3.63) is 41.1 Å². The minimum absolute atomic E-state index is 0.0655. The molecule has 31 heavy (non-hydrogen) atoms. The Morgan fingerprint density at radius 2 is 2.00 bits per heavy atom. The van der Waals surface area contributed by atoms with Gasteiger partial charge in [-0.25, -0.2) is 22.9 Å². The SMILES string of the molecule is Cc1cc2c(c(NC(=O)NS(C)(=O)=O)c1-c1ccnc(OC3CCOCC3)c1)CCC2. The van der Waals surface area contributed by atoms with E-state index >= 15 is 0 Å². The van der Waals surface area contributed by atoms with E-state index in [0.717, 1.165) is 60.6 Å². The average Bonchev–Trinajstić information content (AvgIpc) is 3.16. The van der Waals surface area contributed by atoms with Gasteiger partial charge in [-0.3, -0.25) is 0 Å². The Balaban J connectivity index is 1.70. The second-order valence-electron chi connectivity index (χ2n) is 8.08. The van der Waals surface area contributed by atoms with Crippen molar-refractivity contribution in [1.29, 1.82) is 0 Å². The van der Waals surface area contributed by atoms with Gasteiger partial charge in [0, 0.05) is 30.7 Å². The number of sulfonamides is 1. The van der Waals surface area contributed by atoms with Crippen LogP contribution in [0.1, 0.15) is 36.0 Å². The molecule has 1 fully saturated rings. The Hall–Kier alpha value is -2.65. The quantitative estimate of drug-likeness (QED) is 0.732. The van der Waals surface area contributed by atoms with Crippen molar-refractivity contribution in [1.82, 2.24) is 9.71 Å². The van der Waals surface area contributed by atoms with E-state index in [0.29, 0.717) is 24.8 Å². The topological polar surface area (TPSA) is 107 Å². The van der Waals surface area contributed by atoms with E-state index in [-0.39, 0.29) is 6.10 Å². The van der Waals surface area contributed by atoms with Crippen LogP contribution in [0.15, 0.2) is 24.4 Å². The van der Waals surface area contributed by atoms with Gasteiger partial charge in [-0.2, -0.15) is 0 Å². The number of carbonyl (C=O) groups excluding carboxylic acids is 1. The molecule has 0 radical (unpaired) electrons. The van der Waals surface area contributed by atoms with E-state index < -0.39 is 16.1 Å². The molecule has 0 spiro atoms. The summed E-state index contributed by atoms with van der Waals surface area (Å²) >= 11 is 0. The number of hydrogen-bond acceptors (Lipinski definition) is 6. The highest BCUT2D eigenvalue weighted by molar-refractivity contribution is 7.89. The number of urea groups is 1. The fourth-order valence-corrected chi connectivity index (χ4v) is 4.69. The number of carbonyl (C=O) groups is 1. The van der Waals surface area contributed by atoms with Gasteiger partial charge in [-0.1, -0.05) is 6.07 Å². The van der Waals surface area contributed by atoms with Gasteiger partial charge < -0.3 is 14.8 Å². The van der Waals surface area contributed by atoms with Gasteiger partial charge in [-0.05, 0) is 54.5 Å². The molecule has 0 bridgehead atoms. The van der Waals surface area contributed by atoms with E-state index in [1.54, 1.807) is 6.20 Å². The molecule has 0 saturated carbocycles. The standard InChI is InChI=1S/C22H27N3O5S/c1-14-12-15-4-3-5-18(15)21(24-22(26)25-31(2,27)28)20(14)16-6-9-23-19(13-16)30-17-7-10-29-11-8-17/h6,9,12-13,17H,3-5,7-8,10-11H2,1-2H3,(H2,24,25,26). The lowest BCUT2D eigenvalue weighted by molar-refractivity contribution is 0.0237. The highest BCUT2D eigenvalue weighted by Gasteiger charge is 2.24. The number of pyridine rings is 1. The summed E-state index contributed by atoms with van der Waals surface area (Å²) in [5.41, 5.74) is 5.59. The molecule has 0 unspecified atom stereocenters. The molecule has 2 aromatic rings. The third-order valence-corrected chi connectivity index (χ3v) is 6.15. The summed E-state index contributed by atoms with van der Waals surface area (Å²) < 4.78 is 36.5. The Kier molecular flexibility index (Phi) is 6.15. The van der Waals surface area contributed by atoms with Gasteiger partial charge in [0.25, 0.3) is 0 Å². The highest BCUT2D eigenvalue weighted by Crippen LogP contribution is 2.40. The fraction of sp³-hybridized carbons (Fsp3) is 0.455. The molecule has 2 amide bonds. The second-order valence-corrected chi connectivity index (χ2v) is 9.82. The van der Waals surface area contributed by atoms with Crippen LogP contribution < -0.4 is 14.8 Å². The monoisotopic (exact) mass is 445 g/mol. The van der Waals surface area contributed by atoms with Crippen molar-refractivity contribution in [3.63, 3.8) is 0 Å². The van der Waals surface area contributed by atoms with E-state index in [1.807, 2.05) is 23.8 Å². The maximum atomic E-state index is 12.4. The molecule has 1 aromatic heterocycles. The van der Waals surface area contributed by atoms with Crippen molar-refractivity contribution < 1.29 is 22.7 Å². The maximum absolute atomic E-state index is 12.4. The van der Waals surface area contributed by atoms with Crippen LogP contribution in [0.3, 0.4) is 0 Å². The molecule has 166 valence electrons. The Labute approximate surface area is 182 Å². The predicted octanol–water partition coefficient (Wildman–Crippen LogP) is 3.18. The first kappa shape index (κ1) is 21.6. The minimum Gasteiger partial charge on any atom is -0.474 e. The third-order valence-electron chi connectivity index (χ3n) is 5.59. The number of benzene rings is 1. The van der Waals surface area contributed by atoms with Crippen molar-refractivity contribution in [2.75, 3.05) is 24.8 Å². The fourth-order valence-electron chi connectivity index (χ4n) is 4.30. The molecule has 1 aliphatic carbocycles. The summed E-state index contributed by atoms with van der Waals surface area (Å²) in [5, 5.41) is 2.80. The molecule has 1 aromatic carbocycles. The van der Waals surface area contributed by atoms with Crippen LogP contribution in [0.4, 0.5) is 10.5 Å². The zero-order chi connectivity index (χ0) is 22.0. The first-order chi connectivity index (χ1) is 14.8. The van der Waals surface area contributed by atoms with Crippen LogP contribution in [-0.2, 0) is 27.6 Å². The summed E-state index contributed by atoms with van der Waals surface area (Å²) in [6, 6.07) is 5.13. The molecule has 0 atom stereocenters. The van der Waals surface area contributed by atoms with Crippen LogP contribution in [0.5, 0.6) is 5.88 Å². The van der Waals surface area contributed by atoms with Gasteiger partial charge in [0.2, 0.25) is 15.9 Å². The molecule has 9 heteroatoms. The largest absolute Gasteiger partial charge is 0.474 e. The number of ether oxygens (including phenoxy) is 2. The first-order valence-corrected chi connectivity index (χ1v) is 12.3. The molecule has 2 heterocycles. The van der Waals surface area contributed by atoms with Crippen LogP contribution in [0.25, 0.3) is 11.1 Å². The zero-order valence-corrected chi connectivity index (χ0v) is 18.5. The lowest BCUT2D eigenvalue weighted by atomic mass is 9.93. The van der Waals surface area contributed by atoms with Crippen LogP contribution >= 0.6 is 0 Å². The molecule has 1 saturated heterocycles. The molecule has 8 nitrogen and oxygen atoms in total. The Bertz CT molecular complexity index is 1090. The minimum atomic E-state index is -3.67. The molecular weight excluding hydrogens is 418 g/mol. The number of fused-ring (bicyclic) bond motifs is 1. The van der Waals surface area contributed by atoms with Crippen molar-refractivity contribution >= 4 is 21.7 Å². The first-order valence-electron chi connectivity index (χ1n) is 10.4. The number of hydrogen-bond donors (Lipinski definition) is 2. The summed E-state index contributed by atoms with van der Waals surface area (Å²) in [7, 11) is -3.67. The molecule has 4 rings (SSSR count). The van der Waals surface area contributed by atoms with E-state index in [2.05, 4.69) is 16.4 Å². The number of nitrogens with zero attached hydrogens (tertiary/aromatic N) is 1. The van der Waals surface area contributed by atoms with Crippen LogP contribution in [0, 0.1) is 6.92 Å². The number of anilines is 1. The molecule has 2 aliphatic rings. The maximum Gasteiger partial charge on any atom is 0.332 e. The van der Waals surface area contributed by atoms with Crippen LogP contribution in [0.2, 0.25) is 0 Å². The third kappa shape index (κ3) is 5.16. The normalized spacial score (nSPS) is 16.6. The van der Waals surface area contributed by atoms with Crippen LogP contribution in [-0.4, -0.2) is 45.0 Å². The second kappa shape index (κ2) is 8.84. The van der Waals surface area contributed by atoms with Crippen molar-refractivity contribution in [3.8, 4) is 17.0 Å². The van der Waals surface area contributed by atoms with Crippen molar-refractivity contribution in [2.45, 2.75) is 45.1 Å².